The van der Waals surface area contributed by atoms with Crippen molar-refractivity contribution >= 4 is 5.84 Å². The van der Waals surface area contributed by atoms with E-state index in [4.69, 9.17) is 10.7 Å². The van der Waals surface area contributed by atoms with Crippen molar-refractivity contribution in [3.05, 3.63) is 59.8 Å². The Morgan fingerprint density at radius 1 is 1.24 bits per heavy atom. The average Bonchev–Trinajstić information content (AvgIpc) is 2.82. The van der Waals surface area contributed by atoms with Gasteiger partial charge < -0.3 is 10.6 Å². The zero-order valence-corrected chi connectivity index (χ0v) is 9.58. The Morgan fingerprint density at radius 2 is 2.06 bits per heavy atom. The Morgan fingerprint density at radius 3 is 2.76 bits per heavy atom. The lowest BCUT2D eigenvalue weighted by Gasteiger charge is -2.16. The molecule has 1 aromatic rings. The number of fused-ring (bicyclic) bond motifs is 1. The molecule has 0 saturated heterocycles. The van der Waals surface area contributed by atoms with Crippen LogP contribution in [0.15, 0.2) is 53.7 Å². The van der Waals surface area contributed by atoms with Gasteiger partial charge in [0.25, 0.3) is 0 Å². The summed E-state index contributed by atoms with van der Waals surface area (Å²) in [7, 11) is 0. The summed E-state index contributed by atoms with van der Waals surface area (Å²) in [5.74, 6) is 1.06. The number of nitrogens with two attached hydrogens (primary N) is 1. The van der Waals surface area contributed by atoms with Gasteiger partial charge in [-0.25, -0.2) is 0 Å². The van der Waals surface area contributed by atoms with Gasteiger partial charge in [0.05, 0.1) is 12.6 Å². The van der Waals surface area contributed by atoms with Gasteiger partial charge in [0.15, 0.2) is 0 Å². The summed E-state index contributed by atoms with van der Waals surface area (Å²) in [4.78, 5) is 6.89. The summed E-state index contributed by atoms with van der Waals surface area (Å²) in [5.41, 5.74) is 8.01. The summed E-state index contributed by atoms with van der Waals surface area (Å²) >= 11 is 0. The van der Waals surface area contributed by atoms with E-state index in [0.717, 1.165) is 17.9 Å². The molecule has 1 unspecified atom stereocenters. The SMILES string of the molecule is NCc1ccc(C2CN3C=CC=CC3=N2)cc1. The molecule has 0 radical (unpaired) electrons. The quantitative estimate of drug-likeness (QED) is 0.836. The molecule has 0 bridgehead atoms. The molecule has 0 aromatic heterocycles. The number of amidine groups is 1. The van der Waals surface area contributed by atoms with Crippen LogP contribution in [0, 0.1) is 0 Å². The summed E-state index contributed by atoms with van der Waals surface area (Å²) in [5, 5.41) is 0. The van der Waals surface area contributed by atoms with E-state index in [1.54, 1.807) is 0 Å². The van der Waals surface area contributed by atoms with Crippen LogP contribution in [0.4, 0.5) is 0 Å². The van der Waals surface area contributed by atoms with Crippen molar-refractivity contribution in [2.24, 2.45) is 10.7 Å². The fraction of sp³-hybridized carbons (Fsp3) is 0.214. The van der Waals surface area contributed by atoms with E-state index >= 15 is 0 Å². The third kappa shape index (κ3) is 1.89. The molecule has 3 nitrogen and oxygen atoms in total. The minimum Gasteiger partial charge on any atom is -0.331 e. The molecular weight excluding hydrogens is 210 g/mol. The molecule has 0 aliphatic carbocycles. The number of allylic oxidation sites excluding steroid dienone is 2. The largest absolute Gasteiger partial charge is 0.331 e. The second-order valence-corrected chi connectivity index (χ2v) is 4.30. The molecule has 1 atom stereocenters. The van der Waals surface area contributed by atoms with Gasteiger partial charge in [-0.05, 0) is 23.3 Å². The Labute approximate surface area is 101 Å². The Kier molecular flexibility index (Phi) is 2.53. The van der Waals surface area contributed by atoms with E-state index < -0.39 is 0 Å². The van der Waals surface area contributed by atoms with Crippen molar-refractivity contribution in [1.82, 2.24) is 4.90 Å². The number of hydrogen-bond acceptors (Lipinski definition) is 3. The van der Waals surface area contributed by atoms with Crippen molar-refractivity contribution in [1.29, 1.82) is 0 Å². The van der Waals surface area contributed by atoms with E-state index in [2.05, 4.69) is 35.4 Å². The van der Waals surface area contributed by atoms with Crippen LogP contribution in [0.1, 0.15) is 17.2 Å². The molecule has 2 N–H and O–H groups in total. The maximum atomic E-state index is 5.59. The summed E-state index contributed by atoms with van der Waals surface area (Å²) in [6.45, 7) is 1.52. The fourth-order valence-corrected chi connectivity index (χ4v) is 2.18. The van der Waals surface area contributed by atoms with Gasteiger partial charge in [0.2, 0.25) is 0 Å². The lowest BCUT2D eigenvalue weighted by Crippen LogP contribution is -2.21. The molecule has 0 fully saturated rings. The number of hydrogen-bond donors (Lipinski definition) is 1. The first kappa shape index (κ1) is 10.3. The zero-order valence-electron chi connectivity index (χ0n) is 9.58. The standard InChI is InChI=1S/C14H15N3/c15-9-11-4-6-12(7-5-11)13-10-17-8-2-1-3-14(17)16-13/h1-8,13H,9-10,15H2. The van der Waals surface area contributed by atoms with Crippen LogP contribution in [0.2, 0.25) is 0 Å². The van der Waals surface area contributed by atoms with E-state index in [1.165, 1.54) is 5.56 Å². The first-order chi connectivity index (χ1) is 8.36. The van der Waals surface area contributed by atoms with Crippen LogP contribution in [-0.2, 0) is 6.54 Å². The molecule has 86 valence electrons. The number of nitrogens with zero attached hydrogens (tertiary/aromatic N) is 2. The van der Waals surface area contributed by atoms with Crippen LogP contribution in [0.5, 0.6) is 0 Å². The second kappa shape index (κ2) is 4.18. The molecule has 2 aliphatic rings. The lowest BCUT2D eigenvalue weighted by atomic mass is 10.1. The molecule has 2 aliphatic heterocycles. The summed E-state index contributed by atoms with van der Waals surface area (Å²) in [6.07, 6.45) is 8.19. The third-order valence-electron chi connectivity index (χ3n) is 3.17. The third-order valence-corrected chi connectivity index (χ3v) is 3.17. The Hall–Kier alpha value is -1.87. The molecule has 3 rings (SSSR count). The predicted molar refractivity (Wildman–Crippen MR) is 69.5 cm³/mol. The van der Waals surface area contributed by atoms with Crippen LogP contribution >= 0.6 is 0 Å². The molecule has 0 amide bonds. The molecular formula is C14H15N3. The normalized spacial score (nSPS) is 21.6. The first-order valence-corrected chi connectivity index (χ1v) is 5.85. The van der Waals surface area contributed by atoms with Gasteiger partial charge in [0, 0.05) is 12.7 Å². The van der Waals surface area contributed by atoms with Crippen LogP contribution in [0.3, 0.4) is 0 Å². The summed E-state index contributed by atoms with van der Waals surface area (Å²) in [6, 6.07) is 8.66. The van der Waals surface area contributed by atoms with Crippen molar-refractivity contribution in [3.63, 3.8) is 0 Å². The predicted octanol–water partition coefficient (Wildman–Crippen LogP) is 1.98. The number of benzene rings is 1. The molecule has 2 heterocycles. The van der Waals surface area contributed by atoms with Crippen LogP contribution in [0.25, 0.3) is 0 Å². The number of aliphatic imine (C=N–C) groups is 1. The van der Waals surface area contributed by atoms with Crippen molar-refractivity contribution in [2.75, 3.05) is 6.54 Å². The lowest BCUT2D eigenvalue weighted by molar-refractivity contribution is 0.550. The van der Waals surface area contributed by atoms with Crippen molar-refractivity contribution < 1.29 is 0 Å². The fourth-order valence-electron chi connectivity index (χ4n) is 2.18. The average molecular weight is 225 g/mol. The second-order valence-electron chi connectivity index (χ2n) is 4.30. The first-order valence-electron chi connectivity index (χ1n) is 5.85. The molecule has 0 spiro atoms. The Balaban J connectivity index is 1.84. The van der Waals surface area contributed by atoms with E-state index in [-0.39, 0.29) is 6.04 Å². The minimum atomic E-state index is 0.240. The maximum absolute atomic E-state index is 5.59. The highest BCUT2D eigenvalue weighted by molar-refractivity contribution is 5.96. The van der Waals surface area contributed by atoms with Gasteiger partial charge in [-0.1, -0.05) is 30.3 Å². The molecule has 0 saturated carbocycles. The van der Waals surface area contributed by atoms with Gasteiger partial charge in [-0.15, -0.1) is 0 Å². The van der Waals surface area contributed by atoms with Gasteiger partial charge in [0.1, 0.15) is 5.84 Å². The van der Waals surface area contributed by atoms with Crippen LogP contribution < -0.4 is 5.73 Å². The smallest absolute Gasteiger partial charge is 0.128 e. The highest BCUT2D eigenvalue weighted by Crippen LogP contribution is 2.26. The number of rotatable bonds is 2. The minimum absolute atomic E-state index is 0.240. The zero-order chi connectivity index (χ0) is 11.7. The summed E-state index contributed by atoms with van der Waals surface area (Å²) < 4.78 is 0. The van der Waals surface area contributed by atoms with Gasteiger partial charge in [-0.2, -0.15) is 0 Å². The molecule has 3 heteroatoms. The van der Waals surface area contributed by atoms with E-state index in [9.17, 15) is 0 Å². The van der Waals surface area contributed by atoms with E-state index in [1.807, 2.05) is 18.2 Å². The highest BCUT2D eigenvalue weighted by atomic mass is 15.2. The maximum Gasteiger partial charge on any atom is 0.128 e. The van der Waals surface area contributed by atoms with Crippen LogP contribution in [-0.4, -0.2) is 17.3 Å². The van der Waals surface area contributed by atoms with Crippen molar-refractivity contribution in [3.8, 4) is 0 Å². The highest BCUT2D eigenvalue weighted by Gasteiger charge is 2.23. The Bertz CT molecular complexity index is 497. The van der Waals surface area contributed by atoms with Gasteiger partial charge in [-0.3, -0.25) is 4.99 Å². The molecule has 1 aromatic carbocycles. The van der Waals surface area contributed by atoms with Gasteiger partial charge >= 0.3 is 0 Å². The van der Waals surface area contributed by atoms with E-state index in [0.29, 0.717) is 6.54 Å². The monoisotopic (exact) mass is 225 g/mol. The van der Waals surface area contributed by atoms with Crippen molar-refractivity contribution in [2.45, 2.75) is 12.6 Å². The topological polar surface area (TPSA) is 41.6 Å². The molecule has 17 heavy (non-hydrogen) atoms.